The average molecular weight is 330 g/mol. The van der Waals surface area contributed by atoms with Crippen molar-refractivity contribution in [3.8, 4) is 0 Å². The number of fused-ring (bicyclic) bond motifs is 1. The molecule has 3 aliphatic rings. The van der Waals surface area contributed by atoms with Gasteiger partial charge in [-0.3, -0.25) is 4.79 Å². The molecule has 3 rings (SSSR count). The quantitative estimate of drug-likeness (QED) is 0.630. The molecule has 0 bridgehead atoms. The van der Waals surface area contributed by atoms with E-state index in [1.54, 1.807) is 0 Å². The van der Waals surface area contributed by atoms with Gasteiger partial charge in [0.1, 0.15) is 11.9 Å². The Balaban J connectivity index is 1.76. The van der Waals surface area contributed by atoms with Crippen molar-refractivity contribution in [2.45, 2.75) is 43.3 Å². The van der Waals surface area contributed by atoms with E-state index in [1.807, 2.05) is 0 Å². The number of carbonyl (C=O) groups excluding carboxylic acids is 1. The van der Waals surface area contributed by atoms with Gasteiger partial charge < -0.3 is 20.4 Å². The molecule has 122 valence electrons. The van der Waals surface area contributed by atoms with Crippen LogP contribution in [0.2, 0.25) is 0 Å². The summed E-state index contributed by atoms with van der Waals surface area (Å²) in [5.74, 6) is -2.28. The van der Waals surface area contributed by atoms with Crippen LogP contribution in [0.3, 0.4) is 0 Å². The van der Waals surface area contributed by atoms with Crippen LogP contribution >= 0.6 is 11.8 Å². The van der Waals surface area contributed by atoms with Crippen LogP contribution in [-0.2, 0) is 9.59 Å². The minimum absolute atomic E-state index is 0.0179. The molecule has 5 unspecified atom stereocenters. The summed E-state index contributed by atoms with van der Waals surface area (Å²) in [6.07, 6.45) is -0.101. The lowest BCUT2D eigenvalue weighted by Crippen LogP contribution is -2.61. The maximum Gasteiger partial charge on any atom is 0.353 e. The molecule has 0 spiro atoms. The summed E-state index contributed by atoms with van der Waals surface area (Å²) < 4.78 is 13.5. The van der Waals surface area contributed by atoms with E-state index in [0.717, 1.165) is 6.42 Å². The highest BCUT2D eigenvalue weighted by Gasteiger charge is 2.57. The van der Waals surface area contributed by atoms with Gasteiger partial charge in [0.15, 0.2) is 0 Å². The maximum absolute atomic E-state index is 13.5. The molecule has 22 heavy (non-hydrogen) atoms. The molecule has 0 saturated carbocycles. The fraction of sp³-hybridized carbons (Fsp3) is 0.714. The summed E-state index contributed by atoms with van der Waals surface area (Å²) in [4.78, 5) is 25.4. The first-order valence-electron chi connectivity index (χ1n) is 7.38. The largest absolute Gasteiger partial charge is 0.477 e. The van der Waals surface area contributed by atoms with Crippen molar-refractivity contribution in [2.24, 2.45) is 5.92 Å². The summed E-state index contributed by atoms with van der Waals surface area (Å²) in [5.41, 5.74) is 0.0179. The second-order valence-corrected chi connectivity index (χ2v) is 7.42. The van der Waals surface area contributed by atoms with Crippen molar-refractivity contribution in [2.75, 3.05) is 13.2 Å². The third-order valence-corrected chi connectivity index (χ3v) is 5.91. The van der Waals surface area contributed by atoms with Crippen LogP contribution in [0.4, 0.5) is 4.39 Å². The number of hydrogen-bond acceptors (Lipinski definition) is 5. The van der Waals surface area contributed by atoms with E-state index in [2.05, 4.69) is 5.32 Å². The van der Waals surface area contributed by atoms with Gasteiger partial charge in [-0.15, -0.1) is 11.8 Å². The standard InChI is InChI=1S/C14H19FN2O4S/c1-6(15)11-9-3-10(12(14(20)21)17(9)13(11)19)22-8-2-7(5-18)16-4-8/h6-9,11,16,18H,2-5H2,1H3,(H,20,21). The number of aliphatic hydroxyl groups is 1. The van der Waals surface area contributed by atoms with Crippen molar-refractivity contribution in [1.82, 2.24) is 10.2 Å². The number of halogens is 1. The van der Waals surface area contributed by atoms with Crippen LogP contribution in [-0.4, -0.2) is 63.6 Å². The number of amides is 1. The molecular formula is C14H19FN2O4S. The summed E-state index contributed by atoms with van der Waals surface area (Å²) in [6.45, 7) is 2.09. The van der Waals surface area contributed by atoms with Crippen LogP contribution in [0.25, 0.3) is 0 Å². The Labute approximate surface area is 131 Å². The van der Waals surface area contributed by atoms with E-state index in [1.165, 1.54) is 23.6 Å². The van der Waals surface area contributed by atoms with Crippen LogP contribution < -0.4 is 5.32 Å². The number of aliphatic hydroxyl groups excluding tert-OH is 1. The summed E-state index contributed by atoms with van der Waals surface area (Å²) in [7, 11) is 0. The molecule has 5 atom stereocenters. The number of nitrogens with one attached hydrogen (secondary N) is 1. The fourth-order valence-corrected chi connectivity index (χ4v) is 5.00. The molecule has 0 aromatic carbocycles. The molecule has 8 heteroatoms. The molecular weight excluding hydrogens is 311 g/mol. The average Bonchev–Trinajstić information content (AvgIpc) is 3.01. The zero-order valence-corrected chi connectivity index (χ0v) is 13.0. The van der Waals surface area contributed by atoms with Gasteiger partial charge in [-0.25, -0.2) is 9.18 Å². The lowest BCUT2D eigenvalue weighted by molar-refractivity contribution is -0.158. The minimum atomic E-state index is -1.26. The van der Waals surface area contributed by atoms with Crippen molar-refractivity contribution in [3.63, 3.8) is 0 Å². The SMILES string of the molecule is CC(F)C1C(=O)N2C(C(=O)O)=C(SC3CNC(CO)C3)CC12. The number of hydrogen-bond donors (Lipinski definition) is 3. The number of carboxylic acid groups (broad SMARTS) is 1. The van der Waals surface area contributed by atoms with Crippen molar-refractivity contribution in [3.05, 3.63) is 10.6 Å². The van der Waals surface area contributed by atoms with Gasteiger partial charge in [-0.05, 0) is 13.3 Å². The number of nitrogens with zero attached hydrogens (tertiary/aromatic N) is 1. The number of thioether (sulfide) groups is 1. The number of carboxylic acids is 1. The Morgan fingerprint density at radius 3 is 2.86 bits per heavy atom. The molecule has 1 amide bonds. The Kier molecular flexibility index (Phi) is 4.17. The van der Waals surface area contributed by atoms with E-state index in [9.17, 15) is 19.1 Å². The number of aliphatic carboxylic acids is 1. The van der Waals surface area contributed by atoms with Crippen molar-refractivity contribution < 1.29 is 24.2 Å². The van der Waals surface area contributed by atoms with E-state index in [-0.39, 0.29) is 29.6 Å². The smallest absolute Gasteiger partial charge is 0.353 e. The van der Waals surface area contributed by atoms with Gasteiger partial charge in [-0.2, -0.15) is 0 Å². The Hall–Kier alpha value is -1.12. The lowest BCUT2D eigenvalue weighted by Gasteiger charge is -2.43. The van der Waals surface area contributed by atoms with Gasteiger partial charge >= 0.3 is 5.97 Å². The number of carbonyl (C=O) groups is 2. The first kappa shape index (κ1) is 15.8. The third kappa shape index (κ3) is 2.43. The maximum atomic E-state index is 13.5. The highest BCUT2D eigenvalue weighted by Crippen LogP contribution is 2.48. The Morgan fingerprint density at radius 1 is 1.59 bits per heavy atom. The highest BCUT2D eigenvalue weighted by molar-refractivity contribution is 8.03. The monoisotopic (exact) mass is 330 g/mol. The van der Waals surface area contributed by atoms with Crippen LogP contribution in [0, 0.1) is 5.92 Å². The number of β-lactam (4-membered cyclic amide) rings is 1. The molecule has 3 heterocycles. The Morgan fingerprint density at radius 2 is 2.32 bits per heavy atom. The van der Waals surface area contributed by atoms with Gasteiger partial charge in [-0.1, -0.05) is 0 Å². The van der Waals surface area contributed by atoms with E-state index < -0.39 is 24.0 Å². The molecule has 6 nitrogen and oxygen atoms in total. The molecule has 3 aliphatic heterocycles. The van der Waals surface area contributed by atoms with E-state index in [0.29, 0.717) is 17.9 Å². The zero-order valence-electron chi connectivity index (χ0n) is 12.2. The molecule has 0 aromatic heterocycles. The molecule has 3 N–H and O–H groups in total. The van der Waals surface area contributed by atoms with Crippen LogP contribution in [0.15, 0.2) is 10.6 Å². The minimum Gasteiger partial charge on any atom is -0.477 e. The van der Waals surface area contributed by atoms with Gasteiger partial charge in [0.25, 0.3) is 0 Å². The second kappa shape index (κ2) is 5.82. The predicted molar refractivity (Wildman–Crippen MR) is 78.8 cm³/mol. The summed E-state index contributed by atoms with van der Waals surface area (Å²) in [5, 5.41) is 21.9. The number of rotatable bonds is 5. The number of alkyl halides is 1. The molecule has 0 aromatic rings. The van der Waals surface area contributed by atoms with Crippen molar-refractivity contribution >= 4 is 23.6 Å². The van der Waals surface area contributed by atoms with Crippen LogP contribution in [0.1, 0.15) is 19.8 Å². The van der Waals surface area contributed by atoms with E-state index >= 15 is 0 Å². The van der Waals surface area contributed by atoms with E-state index in [4.69, 9.17) is 5.11 Å². The van der Waals surface area contributed by atoms with Gasteiger partial charge in [0.05, 0.1) is 18.6 Å². The first-order valence-corrected chi connectivity index (χ1v) is 8.26. The predicted octanol–water partition coefficient (Wildman–Crippen LogP) is 0.327. The van der Waals surface area contributed by atoms with Crippen LogP contribution in [0.5, 0.6) is 0 Å². The molecule has 2 saturated heterocycles. The molecule has 0 aliphatic carbocycles. The van der Waals surface area contributed by atoms with Gasteiger partial charge in [0.2, 0.25) is 5.91 Å². The summed E-state index contributed by atoms with van der Waals surface area (Å²) in [6, 6.07) is -0.325. The molecule has 0 radical (unpaired) electrons. The summed E-state index contributed by atoms with van der Waals surface area (Å²) >= 11 is 1.44. The fourth-order valence-electron chi connectivity index (χ4n) is 3.52. The highest BCUT2D eigenvalue weighted by atomic mass is 32.2. The van der Waals surface area contributed by atoms with Crippen molar-refractivity contribution in [1.29, 1.82) is 0 Å². The van der Waals surface area contributed by atoms with Gasteiger partial charge in [0, 0.05) is 29.2 Å². The normalized spacial score (nSPS) is 35.6. The third-order valence-electron chi connectivity index (χ3n) is 4.58. The zero-order chi connectivity index (χ0) is 16.0. The lowest BCUT2D eigenvalue weighted by atomic mass is 9.84. The molecule has 2 fully saturated rings. The second-order valence-electron chi connectivity index (χ2n) is 6.02. The topological polar surface area (TPSA) is 89.9 Å². The Bertz CT molecular complexity index is 539. The first-order chi connectivity index (χ1) is 10.4.